The minimum absolute atomic E-state index is 0.454. The second-order valence-corrected chi connectivity index (χ2v) is 3.63. The highest BCUT2D eigenvalue weighted by atomic mass is 16.5. The maximum absolute atomic E-state index is 10.5. The number of nitrogens with two attached hydrogens (primary N) is 1. The first-order chi connectivity index (χ1) is 8.63. The predicted molar refractivity (Wildman–Crippen MR) is 69.0 cm³/mol. The average Bonchev–Trinajstić information content (AvgIpc) is 2.32. The van der Waals surface area contributed by atoms with Gasteiger partial charge in [-0.1, -0.05) is 6.07 Å². The van der Waals surface area contributed by atoms with Gasteiger partial charge >= 0.3 is 6.09 Å². The van der Waals surface area contributed by atoms with E-state index >= 15 is 0 Å². The van der Waals surface area contributed by atoms with Gasteiger partial charge in [0.1, 0.15) is 11.5 Å². The SMILES string of the molecule is Nc1ccc(Oc2cccc(NC(=O)O)c2)cc1. The van der Waals surface area contributed by atoms with Crippen molar-refractivity contribution < 1.29 is 14.6 Å². The zero-order valence-electron chi connectivity index (χ0n) is 9.46. The standard InChI is InChI=1S/C13H12N2O3/c14-9-4-6-11(7-5-9)18-12-3-1-2-10(8-12)15-13(16)17/h1-8,15H,14H2,(H,16,17). The second kappa shape index (κ2) is 5.09. The van der Waals surface area contributed by atoms with Crippen LogP contribution in [0.5, 0.6) is 11.5 Å². The van der Waals surface area contributed by atoms with Crippen LogP contribution in [0.2, 0.25) is 0 Å². The second-order valence-electron chi connectivity index (χ2n) is 3.63. The number of anilines is 2. The summed E-state index contributed by atoms with van der Waals surface area (Å²) in [4.78, 5) is 10.5. The van der Waals surface area contributed by atoms with Gasteiger partial charge < -0.3 is 15.6 Å². The predicted octanol–water partition coefficient (Wildman–Crippen LogP) is 3.15. The fourth-order valence-corrected chi connectivity index (χ4v) is 1.43. The van der Waals surface area contributed by atoms with Crippen LogP contribution < -0.4 is 15.8 Å². The largest absolute Gasteiger partial charge is 0.465 e. The van der Waals surface area contributed by atoms with E-state index in [1.807, 2.05) is 0 Å². The number of nitrogens with one attached hydrogen (secondary N) is 1. The van der Waals surface area contributed by atoms with Gasteiger partial charge in [-0.15, -0.1) is 0 Å². The van der Waals surface area contributed by atoms with Gasteiger partial charge in [0.25, 0.3) is 0 Å². The molecule has 0 saturated heterocycles. The Morgan fingerprint density at radius 1 is 1.11 bits per heavy atom. The molecule has 92 valence electrons. The van der Waals surface area contributed by atoms with E-state index in [4.69, 9.17) is 15.6 Å². The summed E-state index contributed by atoms with van der Waals surface area (Å²) in [5, 5.41) is 10.9. The lowest BCUT2D eigenvalue weighted by Gasteiger charge is -2.07. The third-order valence-electron chi connectivity index (χ3n) is 2.20. The Kier molecular flexibility index (Phi) is 3.33. The highest BCUT2D eigenvalue weighted by Gasteiger charge is 2.01. The van der Waals surface area contributed by atoms with Crippen molar-refractivity contribution in [1.82, 2.24) is 0 Å². The van der Waals surface area contributed by atoms with E-state index in [9.17, 15) is 4.79 Å². The van der Waals surface area contributed by atoms with Crippen LogP contribution in [0.25, 0.3) is 0 Å². The topological polar surface area (TPSA) is 84.6 Å². The summed E-state index contributed by atoms with van der Waals surface area (Å²) in [6.07, 6.45) is -1.11. The first kappa shape index (κ1) is 11.8. The van der Waals surface area contributed by atoms with E-state index in [-0.39, 0.29) is 0 Å². The van der Waals surface area contributed by atoms with Gasteiger partial charge in [0, 0.05) is 17.4 Å². The number of nitrogen functional groups attached to an aromatic ring is 1. The molecule has 0 aromatic heterocycles. The minimum Gasteiger partial charge on any atom is -0.465 e. The fraction of sp³-hybridized carbons (Fsp3) is 0. The molecule has 18 heavy (non-hydrogen) atoms. The molecule has 0 radical (unpaired) electrons. The number of hydrogen-bond acceptors (Lipinski definition) is 3. The van der Waals surface area contributed by atoms with E-state index in [0.717, 1.165) is 0 Å². The molecule has 2 rings (SSSR count). The number of hydrogen-bond donors (Lipinski definition) is 3. The van der Waals surface area contributed by atoms with Crippen molar-refractivity contribution in [3.8, 4) is 11.5 Å². The first-order valence-electron chi connectivity index (χ1n) is 5.27. The molecule has 0 aliphatic carbocycles. The highest BCUT2D eigenvalue weighted by molar-refractivity contribution is 5.83. The number of rotatable bonds is 3. The van der Waals surface area contributed by atoms with Gasteiger partial charge in [-0.3, -0.25) is 5.32 Å². The van der Waals surface area contributed by atoms with E-state index in [1.54, 1.807) is 48.5 Å². The van der Waals surface area contributed by atoms with Crippen LogP contribution in [0.15, 0.2) is 48.5 Å². The van der Waals surface area contributed by atoms with E-state index in [0.29, 0.717) is 22.9 Å². The van der Waals surface area contributed by atoms with Gasteiger partial charge in [-0.05, 0) is 36.4 Å². The normalized spacial score (nSPS) is 9.78. The van der Waals surface area contributed by atoms with Gasteiger partial charge in [-0.2, -0.15) is 0 Å². The maximum atomic E-state index is 10.5. The molecule has 0 unspecified atom stereocenters. The number of ether oxygens (including phenoxy) is 1. The third-order valence-corrected chi connectivity index (χ3v) is 2.20. The molecular formula is C13H12N2O3. The van der Waals surface area contributed by atoms with Crippen molar-refractivity contribution >= 4 is 17.5 Å². The number of benzene rings is 2. The van der Waals surface area contributed by atoms with Crippen LogP contribution in [0.4, 0.5) is 16.2 Å². The maximum Gasteiger partial charge on any atom is 0.409 e. The molecule has 5 nitrogen and oxygen atoms in total. The Balaban J connectivity index is 2.13. The smallest absolute Gasteiger partial charge is 0.409 e. The van der Waals surface area contributed by atoms with E-state index < -0.39 is 6.09 Å². The number of carboxylic acid groups (broad SMARTS) is 1. The Labute approximate surface area is 104 Å². The van der Waals surface area contributed by atoms with Crippen LogP contribution in [0.1, 0.15) is 0 Å². The fourth-order valence-electron chi connectivity index (χ4n) is 1.43. The monoisotopic (exact) mass is 244 g/mol. The molecule has 0 atom stereocenters. The Morgan fingerprint density at radius 3 is 2.50 bits per heavy atom. The van der Waals surface area contributed by atoms with Crippen molar-refractivity contribution in [3.63, 3.8) is 0 Å². The molecule has 5 heteroatoms. The Hall–Kier alpha value is -2.69. The van der Waals surface area contributed by atoms with Gasteiger partial charge in [-0.25, -0.2) is 4.79 Å². The van der Waals surface area contributed by atoms with Crippen molar-refractivity contribution in [1.29, 1.82) is 0 Å². The Morgan fingerprint density at radius 2 is 1.83 bits per heavy atom. The summed E-state index contributed by atoms with van der Waals surface area (Å²) in [6.45, 7) is 0. The third kappa shape index (κ3) is 3.15. The highest BCUT2D eigenvalue weighted by Crippen LogP contribution is 2.24. The average molecular weight is 244 g/mol. The van der Waals surface area contributed by atoms with Crippen molar-refractivity contribution in [2.75, 3.05) is 11.1 Å². The summed E-state index contributed by atoms with van der Waals surface area (Å²) in [7, 11) is 0. The summed E-state index contributed by atoms with van der Waals surface area (Å²) >= 11 is 0. The zero-order valence-corrected chi connectivity index (χ0v) is 9.46. The minimum atomic E-state index is -1.11. The molecular weight excluding hydrogens is 232 g/mol. The molecule has 0 fully saturated rings. The van der Waals surface area contributed by atoms with Crippen molar-refractivity contribution in [2.45, 2.75) is 0 Å². The molecule has 0 aliphatic heterocycles. The van der Waals surface area contributed by atoms with Crippen LogP contribution in [-0.4, -0.2) is 11.2 Å². The molecule has 0 heterocycles. The van der Waals surface area contributed by atoms with Crippen molar-refractivity contribution in [2.24, 2.45) is 0 Å². The molecule has 2 aromatic rings. The van der Waals surface area contributed by atoms with Crippen molar-refractivity contribution in [3.05, 3.63) is 48.5 Å². The lowest BCUT2D eigenvalue weighted by molar-refractivity contribution is 0.210. The van der Waals surface area contributed by atoms with Gasteiger partial charge in [0.15, 0.2) is 0 Å². The molecule has 4 N–H and O–H groups in total. The quantitative estimate of drug-likeness (QED) is 0.724. The summed E-state index contributed by atoms with van der Waals surface area (Å²) in [5.74, 6) is 1.18. The Bertz CT molecular complexity index is 552. The lowest BCUT2D eigenvalue weighted by atomic mass is 10.3. The molecule has 0 saturated carbocycles. The van der Waals surface area contributed by atoms with Crippen LogP contribution in [0.3, 0.4) is 0 Å². The summed E-state index contributed by atoms with van der Waals surface area (Å²) in [6, 6.07) is 13.6. The van der Waals surface area contributed by atoms with Crippen LogP contribution in [-0.2, 0) is 0 Å². The number of amides is 1. The molecule has 0 aliphatic rings. The molecule has 0 bridgehead atoms. The van der Waals surface area contributed by atoms with E-state index in [2.05, 4.69) is 5.32 Å². The van der Waals surface area contributed by atoms with Gasteiger partial charge in [0.05, 0.1) is 0 Å². The van der Waals surface area contributed by atoms with Crippen LogP contribution >= 0.6 is 0 Å². The first-order valence-corrected chi connectivity index (χ1v) is 5.27. The summed E-state index contributed by atoms with van der Waals surface area (Å²) < 4.78 is 5.57. The number of carbonyl (C=O) groups is 1. The van der Waals surface area contributed by atoms with E-state index in [1.165, 1.54) is 0 Å². The van der Waals surface area contributed by atoms with Crippen LogP contribution in [0, 0.1) is 0 Å². The molecule has 1 amide bonds. The zero-order chi connectivity index (χ0) is 13.0. The lowest BCUT2D eigenvalue weighted by Crippen LogP contribution is -2.06. The summed E-state index contributed by atoms with van der Waals surface area (Å²) in [5.41, 5.74) is 6.68. The molecule has 2 aromatic carbocycles. The molecule has 0 spiro atoms. The van der Waals surface area contributed by atoms with Gasteiger partial charge in [0.2, 0.25) is 0 Å².